The van der Waals surface area contributed by atoms with Crippen LogP contribution in [-0.4, -0.2) is 24.7 Å². The Labute approximate surface area is 125 Å². The highest BCUT2D eigenvalue weighted by Crippen LogP contribution is 2.40. The number of carbonyl (C=O) groups is 1. The minimum Gasteiger partial charge on any atom is -0.487 e. The Kier molecular flexibility index (Phi) is 4.73. The van der Waals surface area contributed by atoms with Gasteiger partial charge in [0.05, 0.1) is 12.6 Å². The number of nitrogens with two attached hydrogens (primary N) is 1. The summed E-state index contributed by atoms with van der Waals surface area (Å²) in [5.41, 5.74) is 7.15. The summed E-state index contributed by atoms with van der Waals surface area (Å²) in [6.07, 6.45) is 1.08. The van der Waals surface area contributed by atoms with Crippen LogP contribution >= 0.6 is 0 Å². The predicted molar refractivity (Wildman–Crippen MR) is 82.2 cm³/mol. The summed E-state index contributed by atoms with van der Waals surface area (Å²) in [6, 6.07) is 5.47. The normalized spacial score (nSPS) is 19.5. The van der Waals surface area contributed by atoms with E-state index in [-0.39, 0.29) is 17.6 Å². The second-order valence-corrected chi connectivity index (χ2v) is 5.93. The second-order valence-electron chi connectivity index (χ2n) is 5.93. The van der Waals surface area contributed by atoms with Gasteiger partial charge in [0.15, 0.2) is 0 Å². The van der Waals surface area contributed by atoms with Gasteiger partial charge in [-0.2, -0.15) is 0 Å². The van der Waals surface area contributed by atoms with Crippen LogP contribution in [-0.2, 0) is 9.53 Å². The molecule has 21 heavy (non-hydrogen) atoms. The molecular weight excluding hydrogens is 268 g/mol. The lowest BCUT2D eigenvalue weighted by Gasteiger charge is -2.38. The highest BCUT2D eigenvalue weighted by atomic mass is 16.5. The molecule has 1 heterocycles. The average molecular weight is 292 g/mol. The standard InChI is InChI=1S/C16H24N2O3/c1-4-20-8-7-15(19)18-13-10-16(2,3)21-14-6-5-11(17)9-12(13)14/h5-6,9,13H,4,7-8,10,17H2,1-3H3,(H,18,19). The first-order valence-corrected chi connectivity index (χ1v) is 7.37. The van der Waals surface area contributed by atoms with E-state index in [1.807, 2.05) is 39.0 Å². The van der Waals surface area contributed by atoms with Gasteiger partial charge < -0.3 is 20.5 Å². The number of fused-ring (bicyclic) bond motifs is 1. The van der Waals surface area contributed by atoms with Gasteiger partial charge in [-0.3, -0.25) is 4.79 Å². The van der Waals surface area contributed by atoms with Gasteiger partial charge in [0.25, 0.3) is 0 Å². The Hall–Kier alpha value is -1.75. The monoisotopic (exact) mass is 292 g/mol. The summed E-state index contributed by atoms with van der Waals surface area (Å²) < 4.78 is 11.2. The number of benzene rings is 1. The van der Waals surface area contributed by atoms with Crippen molar-refractivity contribution in [3.8, 4) is 5.75 Å². The van der Waals surface area contributed by atoms with E-state index in [2.05, 4.69) is 5.32 Å². The van der Waals surface area contributed by atoms with Crippen molar-refractivity contribution < 1.29 is 14.3 Å². The van der Waals surface area contributed by atoms with Gasteiger partial charge >= 0.3 is 0 Å². The molecule has 3 N–H and O–H groups in total. The van der Waals surface area contributed by atoms with Gasteiger partial charge in [0.2, 0.25) is 5.91 Å². The van der Waals surface area contributed by atoms with Gasteiger partial charge in [0.1, 0.15) is 11.4 Å². The molecule has 0 bridgehead atoms. The summed E-state index contributed by atoms with van der Waals surface area (Å²) in [4.78, 5) is 12.0. The smallest absolute Gasteiger partial charge is 0.222 e. The Balaban J connectivity index is 2.11. The number of hydrogen-bond donors (Lipinski definition) is 2. The van der Waals surface area contributed by atoms with Crippen LogP contribution in [0.2, 0.25) is 0 Å². The first kappa shape index (κ1) is 15.6. The molecule has 116 valence electrons. The molecule has 1 aromatic rings. The molecule has 0 fully saturated rings. The van der Waals surface area contributed by atoms with E-state index in [9.17, 15) is 4.79 Å². The van der Waals surface area contributed by atoms with Crippen LogP contribution in [0.3, 0.4) is 0 Å². The number of carbonyl (C=O) groups excluding carboxylic acids is 1. The fraction of sp³-hybridized carbons (Fsp3) is 0.562. The van der Waals surface area contributed by atoms with Gasteiger partial charge in [-0.15, -0.1) is 0 Å². The number of ether oxygens (including phenoxy) is 2. The number of amides is 1. The first-order chi connectivity index (χ1) is 9.91. The SMILES string of the molecule is CCOCCC(=O)NC1CC(C)(C)Oc2ccc(N)cc21. The summed E-state index contributed by atoms with van der Waals surface area (Å²) in [5.74, 6) is 0.773. The number of nitrogen functional groups attached to an aromatic ring is 1. The quantitative estimate of drug-likeness (QED) is 0.645. The lowest BCUT2D eigenvalue weighted by atomic mass is 9.89. The fourth-order valence-electron chi connectivity index (χ4n) is 2.58. The van der Waals surface area contributed by atoms with Crippen LogP contribution in [0.1, 0.15) is 45.2 Å². The average Bonchev–Trinajstić information content (AvgIpc) is 2.39. The third-order valence-corrected chi connectivity index (χ3v) is 3.50. The van der Waals surface area contributed by atoms with Crippen LogP contribution in [0.25, 0.3) is 0 Å². The lowest BCUT2D eigenvalue weighted by Crippen LogP contribution is -2.41. The minimum atomic E-state index is -0.318. The molecule has 1 atom stereocenters. The summed E-state index contributed by atoms with van der Waals surface area (Å²) in [6.45, 7) is 7.02. The molecule has 1 aliphatic rings. The van der Waals surface area contributed by atoms with Crippen molar-refractivity contribution in [3.63, 3.8) is 0 Å². The van der Waals surface area contributed by atoms with Gasteiger partial charge in [-0.25, -0.2) is 0 Å². The topological polar surface area (TPSA) is 73.6 Å². The highest BCUT2D eigenvalue weighted by Gasteiger charge is 2.34. The molecule has 0 saturated carbocycles. The van der Waals surface area contributed by atoms with Crippen LogP contribution in [0.5, 0.6) is 5.75 Å². The van der Waals surface area contributed by atoms with Gasteiger partial charge in [-0.05, 0) is 39.0 Å². The summed E-state index contributed by atoms with van der Waals surface area (Å²) >= 11 is 0. The zero-order valence-corrected chi connectivity index (χ0v) is 12.9. The predicted octanol–water partition coefficient (Wildman–Crippen LogP) is 2.41. The van der Waals surface area contributed by atoms with Crippen LogP contribution in [0.4, 0.5) is 5.69 Å². The highest BCUT2D eigenvalue weighted by molar-refractivity contribution is 5.76. The van der Waals surface area contributed by atoms with E-state index in [4.69, 9.17) is 15.2 Å². The number of hydrogen-bond acceptors (Lipinski definition) is 4. The molecule has 0 saturated heterocycles. The van der Waals surface area contributed by atoms with E-state index in [1.165, 1.54) is 0 Å². The van der Waals surface area contributed by atoms with E-state index in [0.29, 0.717) is 31.7 Å². The van der Waals surface area contributed by atoms with E-state index < -0.39 is 0 Å². The maximum absolute atomic E-state index is 12.0. The van der Waals surface area contributed by atoms with Crippen LogP contribution in [0, 0.1) is 0 Å². The van der Waals surface area contributed by atoms with Crippen molar-refractivity contribution >= 4 is 11.6 Å². The summed E-state index contributed by atoms with van der Waals surface area (Å²) in [5, 5.41) is 3.06. The maximum atomic E-state index is 12.0. The third kappa shape index (κ3) is 4.11. The van der Waals surface area contributed by atoms with Crippen molar-refractivity contribution in [2.75, 3.05) is 18.9 Å². The molecule has 0 aliphatic carbocycles. The maximum Gasteiger partial charge on any atom is 0.222 e. The molecule has 5 nitrogen and oxygen atoms in total. The zero-order valence-electron chi connectivity index (χ0n) is 12.9. The van der Waals surface area contributed by atoms with Gasteiger partial charge in [0, 0.05) is 30.7 Å². The Morgan fingerprint density at radius 1 is 1.52 bits per heavy atom. The molecule has 1 unspecified atom stereocenters. The van der Waals surface area contributed by atoms with E-state index in [0.717, 1.165) is 11.3 Å². The minimum absolute atomic E-state index is 0.0143. The second kappa shape index (κ2) is 6.35. The van der Waals surface area contributed by atoms with Crippen molar-refractivity contribution in [2.24, 2.45) is 0 Å². The van der Waals surface area contributed by atoms with Crippen molar-refractivity contribution in [2.45, 2.75) is 45.3 Å². The third-order valence-electron chi connectivity index (χ3n) is 3.50. The molecule has 0 spiro atoms. The lowest BCUT2D eigenvalue weighted by molar-refractivity contribution is -0.123. The van der Waals surface area contributed by atoms with Crippen molar-refractivity contribution in [3.05, 3.63) is 23.8 Å². The number of anilines is 1. The summed E-state index contributed by atoms with van der Waals surface area (Å²) in [7, 11) is 0. The zero-order chi connectivity index (χ0) is 15.5. The van der Waals surface area contributed by atoms with Crippen molar-refractivity contribution in [1.29, 1.82) is 0 Å². The molecule has 1 aliphatic heterocycles. The van der Waals surface area contributed by atoms with Gasteiger partial charge in [-0.1, -0.05) is 0 Å². The number of nitrogens with one attached hydrogen (secondary N) is 1. The number of rotatable bonds is 5. The molecule has 0 radical (unpaired) electrons. The first-order valence-electron chi connectivity index (χ1n) is 7.37. The van der Waals surface area contributed by atoms with Crippen molar-refractivity contribution in [1.82, 2.24) is 5.32 Å². The fourth-order valence-corrected chi connectivity index (χ4v) is 2.58. The molecule has 2 rings (SSSR count). The Morgan fingerprint density at radius 3 is 3.00 bits per heavy atom. The van der Waals surface area contributed by atoms with Crippen LogP contribution < -0.4 is 15.8 Å². The Morgan fingerprint density at radius 2 is 2.29 bits per heavy atom. The molecule has 1 amide bonds. The molecular formula is C16H24N2O3. The van der Waals surface area contributed by atoms with Crippen LogP contribution in [0.15, 0.2) is 18.2 Å². The molecule has 1 aromatic carbocycles. The molecule has 0 aromatic heterocycles. The Bertz CT molecular complexity index is 514. The largest absolute Gasteiger partial charge is 0.487 e. The van der Waals surface area contributed by atoms with E-state index >= 15 is 0 Å². The van der Waals surface area contributed by atoms with E-state index in [1.54, 1.807) is 0 Å². The molecule has 5 heteroatoms.